The highest BCUT2D eigenvalue weighted by Crippen LogP contribution is 2.20. The van der Waals surface area contributed by atoms with E-state index in [9.17, 15) is 8.42 Å². The maximum Gasteiger partial charge on any atom is 0.265 e. The Labute approximate surface area is 122 Å². The SMILES string of the molecule is Cc1csc(NS(=O)(=O)c2c[nH]c(CNC(C)C)c2)n1. The van der Waals surface area contributed by atoms with E-state index in [0.29, 0.717) is 17.7 Å². The van der Waals surface area contributed by atoms with E-state index in [1.54, 1.807) is 11.4 Å². The van der Waals surface area contributed by atoms with E-state index in [2.05, 4.69) is 20.0 Å². The van der Waals surface area contributed by atoms with Gasteiger partial charge in [-0.15, -0.1) is 11.3 Å². The lowest BCUT2D eigenvalue weighted by atomic mass is 10.3. The van der Waals surface area contributed by atoms with E-state index in [1.807, 2.05) is 20.8 Å². The van der Waals surface area contributed by atoms with Gasteiger partial charge in [-0.1, -0.05) is 13.8 Å². The van der Waals surface area contributed by atoms with E-state index in [0.717, 1.165) is 11.4 Å². The molecule has 3 N–H and O–H groups in total. The molecule has 2 heterocycles. The molecule has 0 aliphatic heterocycles. The van der Waals surface area contributed by atoms with Crippen LogP contribution in [0.3, 0.4) is 0 Å². The molecular weight excluding hydrogens is 296 g/mol. The smallest absolute Gasteiger partial charge is 0.265 e. The maximum atomic E-state index is 12.2. The van der Waals surface area contributed by atoms with E-state index in [1.165, 1.54) is 17.5 Å². The number of anilines is 1. The summed E-state index contributed by atoms with van der Waals surface area (Å²) < 4.78 is 26.8. The lowest BCUT2D eigenvalue weighted by Crippen LogP contribution is -2.21. The number of hydrogen-bond acceptors (Lipinski definition) is 5. The van der Waals surface area contributed by atoms with Crippen LogP contribution >= 0.6 is 11.3 Å². The molecule has 0 atom stereocenters. The van der Waals surface area contributed by atoms with Crippen molar-refractivity contribution >= 4 is 26.5 Å². The molecule has 0 amide bonds. The molecule has 0 saturated heterocycles. The number of thiazole rings is 1. The quantitative estimate of drug-likeness (QED) is 0.762. The second-order valence-corrected chi connectivity index (χ2v) is 7.34. The molecule has 0 saturated carbocycles. The molecule has 0 spiro atoms. The summed E-state index contributed by atoms with van der Waals surface area (Å²) in [4.78, 5) is 7.27. The number of nitrogens with one attached hydrogen (secondary N) is 3. The van der Waals surface area contributed by atoms with Crippen LogP contribution in [0.5, 0.6) is 0 Å². The zero-order valence-electron chi connectivity index (χ0n) is 11.6. The summed E-state index contributed by atoms with van der Waals surface area (Å²) in [6.07, 6.45) is 1.49. The topological polar surface area (TPSA) is 86.9 Å². The zero-order valence-corrected chi connectivity index (χ0v) is 13.2. The molecule has 2 aromatic rings. The zero-order chi connectivity index (χ0) is 14.8. The molecule has 20 heavy (non-hydrogen) atoms. The fraction of sp³-hybridized carbons (Fsp3) is 0.417. The molecule has 0 fully saturated rings. The van der Waals surface area contributed by atoms with Crippen molar-refractivity contribution in [3.05, 3.63) is 29.0 Å². The summed E-state index contributed by atoms with van der Waals surface area (Å²) in [5.41, 5.74) is 1.62. The van der Waals surface area contributed by atoms with Gasteiger partial charge in [-0.25, -0.2) is 13.4 Å². The Morgan fingerprint density at radius 2 is 2.20 bits per heavy atom. The van der Waals surface area contributed by atoms with Gasteiger partial charge in [0.15, 0.2) is 5.13 Å². The predicted molar refractivity (Wildman–Crippen MR) is 80.4 cm³/mol. The van der Waals surface area contributed by atoms with Crippen LogP contribution in [0.1, 0.15) is 25.2 Å². The number of aromatic nitrogens is 2. The standard InChI is InChI=1S/C12H18N4O2S2/c1-8(2)13-5-10-4-11(6-14-10)20(17,18)16-12-15-9(3)7-19-12/h4,6-8,13-14H,5H2,1-3H3,(H,15,16). The normalized spacial score (nSPS) is 12.0. The van der Waals surface area contributed by atoms with Gasteiger partial charge in [-0.3, -0.25) is 4.72 Å². The number of aromatic amines is 1. The van der Waals surface area contributed by atoms with Crippen molar-refractivity contribution in [1.82, 2.24) is 15.3 Å². The average molecular weight is 314 g/mol. The Morgan fingerprint density at radius 3 is 2.80 bits per heavy atom. The minimum Gasteiger partial charge on any atom is -0.363 e. The number of aryl methyl sites for hydroxylation is 1. The summed E-state index contributed by atoms with van der Waals surface area (Å²) in [6, 6.07) is 1.97. The molecule has 0 unspecified atom stereocenters. The third-order valence-corrected chi connectivity index (χ3v) is 4.89. The van der Waals surface area contributed by atoms with Gasteiger partial charge in [0.25, 0.3) is 10.0 Å². The first-order valence-corrected chi connectivity index (χ1v) is 8.59. The molecule has 2 aromatic heterocycles. The number of sulfonamides is 1. The van der Waals surface area contributed by atoms with Crippen LogP contribution in [0.4, 0.5) is 5.13 Å². The van der Waals surface area contributed by atoms with Gasteiger partial charge in [0.2, 0.25) is 0 Å². The van der Waals surface area contributed by atoms with Gasteiger partial charge in [0.1, 0.15) is 4.90 Å². The van der Waals surface area contributed by atoms with E-state index in [-0.39, 0.29) is 4.90 Å². The monoisotopic (exact) mass is 314 g/mol. The van der Waals surface area contributed by atoms with Crippen LogP contribution < -0.4 is 10.0 Å². The Hall–Kier alpha value is -1.38. The molecule has 0 bridgehead atoms. The molecule has 0 aliphatic carbocycles. The third-order valence-electron chi connectivity index (χ3n) is 2.57. The summed E-state index contributed by atoms with van der Waals surface area (Å²) in [5, 5.41) is 5.40. The van der Waals surface area contributed by atoms with Crippen molar-refractivity contribution in [2.75, 3.05) is 4.72 Å². The molecule has 110 valence electrons. The molecule has 0 aliphatic rings. The van der Waals surface area contributed by atoms with Crippen molar-refractivity contribution < 1.29 is 8.42 Å². The number of H-pyrrole nitrogens is 1. The lowest BCUT2D eigenvalue weighted by molar-refractivity contribution is 0.582. The van der Waals surface area contributed by atoms with E-state index < -0.39 is 10.0 Å². The summed E-state index contributed by atoms with van der Waals surface area (Å²) in [6.45, 7) is 6.49. The molecule has 2 rings (SSSR count). The second kappa shape index (κ2) is 5.94. The highest BCUT2D eigenvalue weighted by molar-refractivity contribution is 7.93. The van der Waals surface area contributed by atoms with Crippen LogP contribution in [-0.2, 0) is 16.6 Å². The van der Waals surface area contributed by atoms with Gasteiger partial charge in [0, 0.05) is 29.9 Å². The van der Waals surface area contributed by atoms with Crippen LogP contribution in [0.15, 0.2) is 22.5 Å². The molecule has 6 nitrogen and oxygen atoms in total. The fourth-order valence-corrected chi connectivity index (χ4v) is 3.52. The highest BCUT2D eigenvalue weighted by Gasteiger charge is 2.17. The van der Waals surface area contributed by atoms with Gasteiger partial charge in [-0.05, 0) is 13.0 Å². The van der Waals surface area contributed by atoms with Gasteiger partial charge in [0.05, 0.1) is 5.69 Å². The van der Waals surface area contributed by atoms with Crippen LogP contribution in [0.2, 0.25) is 0 Å². The fourth-order valence-electron chi connectivity index (χ4n) is 1.56. The van der Waals surface area contributed by atoms with Crippen molar-refractivity contribution in [3.8, 4) is 0 Å². The van der Waals surface area contributed by atoms with Crippen molar-refractivity contribution in [2.45, 2.75) is 38.3 Å². The number of hydrogen-bond donors (Lipinski definition) is 3. The number of nitrogens with zero attached hydrogens (tertiary/aromatic N) is 1. The summed E-state index contributed by atoms with van der Waals surface area (Å²) in [7, 11) is -3.58. The van der Waals surface area contributed by atoms with Crippen molar-refractivity contribution in [1.29, 1.82) is 0 Å². The summed E-state index contributed by atoms with van der Waals surface area (Å²) in [5.74, 6) is 0. The summed E-state index contributed by atoms with van der Waals surface area (Å²) >= 11 is 1.27. The molecule has 0 aromatic carbocycles. The largest absolute Gasteiger partial charge is 0.363 e. The Morgan fingerprint density at radius 1 is 1.45 bits per heavy atom. The minimum absolute atomic E-state index is 0.214. The molecule has 0 radical (unpaired) electrons. The average Bonchev–Trinajstić information content (AvgIpc) is 2.95. The Bertz CT molecular complexity index is 673. The predicted octanol–water partition coefficient (Wildman–Crippen LogP) is 2.08. The number of rotatable bonds is 6. The van der Waals surface area contributed by atoms with Gasteiger partial charge >= 0.3 is 0 Å². The van der Waals surface area contributed by atoms with E-state index >= 15 is 0 Å². The Kier molecular flexibility index (Phi) is 4.46. The molecular formula is C12H18N4O2S2. The van der Waals surface area contributed by atoms with E-state index in [4.69, 9.17) is 0 Å². The van der Waals surface area contributed by atoms with Crippen molar-refractivity contribution in [3.63, 3.8) is 0 Å². The maximum absolute atomic E-state index is 12.2. The van der Waals surface area contributed by atoms with Gasteiger partial charge in [-0.2, -0.15) is 0 Å². The first-order chi connectivity index (χ1) is 9.37. The first kappa shape index (κ1) is 15.0. The van der Waals surface area contributed by atoms with Crippen LogP contribution in [0.25, 0.3) is 0 Å². The van der Waals surface area contributed by atoms with Crippen LogP contribution in [0, 0.1) is 6.92 Å². The first-order valence-electron chi connectivity index (χ1n) is 6.22. The van der Waals surface area contributed by atoms with Crippen molar-refractivity contribution in [2.24, 2.45) is 0 Å². The van der Waals surface area contributed by atoms with Gasteiger partial charge < -0.3 is 10.3 Å². The highest BCUT2D eigenvalue weighted by atomic mass is 32.2. The second-order valence-electron chi connectivity index (χ2n) is 4.80. The third kappa shape index (κ3) is 3.81. The Balaban J connectivity index is 2.09. The lowest BCUT2D eigenvalue weighted by Gasteiger charge is -2.05. The minimum atomic E-state index is -3.58. The molecule has 8 heteroatoms. The van der Waals surface area contributed by atoms with Crippen LogP contribution in [-0.4, -0.2) is 24.4 Å².